The van der Waals surface area contributed by atoms with Crippen LogP contribution in [0.4, 0.5) is 0 Å². The molecule has 1 aliphatic heterocycles. The maximum Gasteiger partial charge on any atom is 0.0488 e. The van der Waals surface area contributed by atoms with E-state index in [0.29, 0.717) is 12.1 Å². The van der Waals surface area contributed by atoms with Gasteiger partial charge in [0.25, 0.3) is 0 Å². The Kier molecular flexibility index (Phi) is 4.89. The van der Waals surface area contributed by atoms with Gasteiger partial charge in [0.2, 0.25) is 0 Å². The van der Waals surface area contributed by atoms with Gasteiger partial charge in [-0.05, 0) is 74.8 Å². The van der Waals surface area contributed by atoms with Crippen LogP contribution >= 0.6 is 11.8 Å². The molecule has 3 atom stereocenters. The number of likely N-dealkylation sites (tertiary alicyclic amines) is 1. The summed E-state index contributed by atoms with van der Waals surface area (Å²) in [6, 6.07) is 8.29. The number of benzene rings is 1. The van der Waals surface area contributed by atoms with Gasteiger partial charge in [-0.3, -0.25) is 4.90 Å². The van der Waals surface area contributed by atoms with Crippen LogP contribution in [0.25, 0.3) is 10.9 Å². The lowest BCUT2D eigenvalue weighted by molar-refractivity contribution is 0.0926. The van der Waals surface area contributed by atoms with E-state index in [0.717, 1.165) is 11.8 Å². The quantitative estimate of drug-likeness (QED) is 0.716. The fourth-order valence-corrected chi connectivity index (χ4v) is 6.07. The minimum absolute atomic E-state index is 0.530. The summed E-state index contributed by atoms with van der Waals surface area (Å²) in [5.74, 6) is 2.86. The third-order valence-corrected chi connectivity index (χ3v) is 7.09. The fourth-order valence-electron chi connectivity index (χ4n) is 5.36. The molecule has 1 aromatic heterocycles. The summed E-state index contributed by atoms with van der Waals surface area (Å²) in [6.45, 7) is 9.49. The Bertz CT molecular complexity index is 748. The zero-order valence-corrected chi connectivity index (χ0v) is 17.0. The van der Waals surface area contributed by atoms with E-state index in [2.05, 4.69) is 60.9 Å². The van der Waals surface area contributed by atoms with Gasteiger partial charge in [0.15, 0.2) is 0 Å². The highest BCUT2D eigenvalue weighted by Crippen LogP contribution is 2.46. The highest BCUT2D eigenvalue weighted by atomic mass is 32.2. The molecule has 4 rings (SSSR count). The molecule has 3 heteroatoms. The molecule has 0 saturated carbocycles. The topological polar surface area (TPSA) is 8.17 Å². The SMILES string of the molecule is CCCN1CC(CSC)CC2c3cccc4c3c(cn4C(C)C)CC21. The predicted molar refractivity (Wildman–Crippen MR) is 111 cm³/mol. The molecule has 2 heterocycles. The van der Waals surface area contributed by atoms with Gasteiger partial charge in [-0.25, -0.2) is 0 Å². The number of nitrogens with zero attached hydrogens (tertiary/aromatic N) is 2. The van der Waals surface area contributed by atoms with E-state index in [-0.39, 0.29) is 0 Å². The van der Waals surface area contributed by atoms with Crippen molar-refractivity contribution in [2.24, 2.45) is 5.92 Å². The average Bonchev–Trinajstić information content (AvgIpc) is 2.97. The van der Waals surface area contributed by atoms with E-state index >= 15 is 0 Å². The lowest BCUT2D eigenvalue weighted by atomic mass is 9.72. The average molecular weight is 357 g/mol. The van der Waals surface area contributed by atoms with Crippen molar-refractivity contribution in [3.63, 3.8) is 0 Å². The predicted octanol–water partition coefficient (Wildman–Crippen LogP) is 5.33. The van der Waals surface area contributed by atoms with Crippen LogP contribution < -0.4 is 0 Å². The molecule has 0 bridgehead atoms. The zero-order valence-electron chi connectivity index (χ0n) is 16.2. The normalized spacial score (nSPS) is 26.4. The lowest BCUT2D eigenvalue weighted by Gasteiger charge is -2.47. The van der Waals surface area contributed by atoms with Gasteiger partial charge in [0.05, 0.1) is 0 Å². The third-order valence-electron chi connectivity index (χ3n) is 6.28. The van der Waals surface area contributed by atoms with E-state index < -0.39 is 0 Å². The van der Waals surface area contributed by atoms with E-state index in [1.54, 1.807) is 16.5 Å². The first-order valence-electron chi connectivity index (χ1n) is 9.99. The summed E-state index contributed by atoms with van der Waals surface area (Å²) in [4.78, 5) is 2.82. The van der Waals surface area contributed by atoms with Gasteiger partial charge < -0.3 is 4.57 Å². The molecule has 1 fully saturated rings. The van der Waals surface area contributed by atoms with Crippen molar-refractivity contribution in [3.8, 4) is 0 Å². The number of fused-ring (bicyclic) bond motifs is 2. The number of piperidine rings is 1. The van der Waals surface area contributed by atoms with Crippen LogP contribution in [0, 0.1) is 5.92 Å². The minimum Gasteiger partial charge on any atom is -0.345 e. The summed E-state index contributed by atoms with van der Waals surface area (Å²) < 4.78 is 2.50. The van der Waals surface area contributed by atoms with Crippen LogP contribution in [0.5, 0.6) is 0 Å². The van der Waals surface area contributed by atoms with Gasteiger partial charge in [-0.2, -0.15) is 11.8 Å². The maximum absolute atomic E-state index is 2.82. The van der Waals surface area contributed by atoms with Gasteiger partial charge >= 0.3 is 0 Å². The highest BCUT2D eigenvalue weighted by molar-refractivity contribution is 7.98. The summed E-state index contributed by atoms with van der Waals surface area (Å²) in [5, 5.41) is 1.58. The first-order chi connectivity index (χ1) is 12.1. The van der Waals surface area contributed by atoms with Gasteiger partial charge in [-0.1, -0.05) is 19.1 Å². The van der Waals surface area contributed by atoms with Crippen LogP contribution in [-0.4, -0.2) is 40.6 Å². The van der Waals surface area contributed by atoms with Gasteiger partial charge in [-0.15, -0.1) is 0 Å². The van der Waals surface area contributed by atoms with Crippen LogP contribution in [-0.2, 0) is 6.42 Å². The Morgan fingerprint density at radius 2 is 2.12 bits per heavy atom. The van der Waals surface area contributed by atoms with Crippen molar-refractivity contribution < 1.29 is 0 Å². The number of hydrogen-bond acceptors (Lipinski definition) is 2. The van der Waals surface area contributed by atoms with Crippen LogP contribution in [0.1, 0.15) is 56.7 Å². The van der Waals surface area contributed by atoms with Crippen LogP contribution in [0.2, 0.25) is 0 Å². The highest BCUT2D eigenvalue weighted by Gasteiger charge is 2.40. The molecule has 2 aromatic rings. The molecule has 2 nitrogen and oxygen atoms in total. The molecule has 0 amide bonds. The molecule has 1 aliphatic carbocycles. The number of thioether (sulfide) groups is 1. The summed E-state index contributed by atoms with van der Waals surface area (Å²) in [6.07, 6.45) is 8.59. The van der Waals surface area contributed by atoms with E-state index in [9.17, 15) is 0 Å². The Hall–Kier alpha value is -0.930. The van der Waals surface area contributed by atoms with E-state index in [1.165, 1.54) is 43.6 Å². The van der Waals surface area contributed by atoms with E-state index in [1.807, 2.05) is 11.8 Å². The third kappa shape index (κ3) is 2.94. The molecule has 3 unspecified atom stereocenters. The summed E-state index contributed by atoms with van der Waals surface area (Å²) >= 11 is 2.02. The summed E-state index contributed by atoms with van der Waals surface area (Å²) in [5.41, 5.74) is 4.68. The second kappa shape index (κ2) is 7.00. The largest absolute Gasteiger partial charge is 0.345 e. The Morgan fingerprint density at radius 3 is 2.84 bits per heavy atom. The molecule has 136 valence electrons. The molecule has 0 spiro atoms. The molecular formula is C22H32N2S. The van der Waals surface area contributed by atoms with Crippen molar-refractivity contribution in [3.05, 3.63) is 35.5 Å². The zero-order chi connectivity index (χ0) is 17.6. The van der Waals surface area contributed by atoms with Crippen molar-refractivity contribution in [1.29, 1.82) is 0 Å². The fraction of sp³-hybridized carbons (Fsp3) is 0.636. The van der Waals surface area contributed by atoms with Crippen molar-refractivity contribution in [1.82, 2.24) is 9.47 Å². The summed E-state index contributed by atoms with van der Waals surface area (Å²) in [7, 11) is 0. The minimum atomic E-state index is 0.530. The van der Waals surface area contributed by atoms with Crippen molar-refractivity contribution in [2.45, 2.75) is 58.0 Å². The molecular weight excluding hydrogens is 324 g/mol. The first-order valence-corrected chi connectivity index (χ1v) is 11.4. The molecule has 2 aliphatic rings. The first kappa shape index (κ1) is 17.5. The molecule has 0 N–H and O–H groups in total. The van der Waals surface area contributed by atoms with Crippen molar-refractivity contribution in [2.75, 3.05) is 25.1 Å². The number of aromatic nitrogens is 1. The molecule has 25 heavy (non-hydrogen) atoms. The standard InChI is InChI=1S/C22H32N2S/c1-5-9-23-12-16(14-25-4)10-19-18-7-6-8-20-22(18)17(11-21(19)23)13-24(20)15(2)3/h6-8,13,15-16,19,21H,5,9-12,14H2,1-4H3. The Balaban J connectivity index is 1.80. The van der Waals surface area contributed by atoms with Crippen LogP contribution in [0.3, 0.4) is 0 Å². The second-order valence-corrected chi connectivity index (χ2v) is 9.24. The molecule has 0 radical (unpaired) electrons. The Morgan fingerprint density at radius 1 is 1.28 bits per heavy atom. The number of hydrogen-bond donors (Lipinski definition) is 0. The van der Waals surface area contributed by atoms with E-state index in [4.69, 9.17) is 0 Å². The monoisotopic (exact) mass is 356 g/mol. The molecule has 1 aromatic carbocycles. The van der Waals surface area contributed by atoms with Crippen molar-refractivity contribution >= 4 is 22.7 Å². The van der Waals surface area contributed by atoms with Crippen LogP contribution in [0.15, 0.2) is 24.4 Å². The smallest absolute Gasteiger partial charge is 0.0488 e. The Labute approximate surface area is 157 Å². The number of rotatable bonds is 5. The van der Waals surface area contributed by atoms with Gasteiger partial charge in [0, 0.05) is 41.6 Å². The molecule has 1 saturated heterocycles. The lowest BCUT2D eigenvalue weighted by Crippen LogP contribution is -2.50. The van der Waals surface area contributed by atoms with Gasteiger partial charge in [0.1, 0.15) is 0 Å². The second-order valence-electron chi connectivity index (χ2n) is 8.33. The maximum atomic E-state index is 2.82.